The molecule has 3 nitrogen and oxygen atoms in total. The number of hydrazine groups is 1. The first kappa shape index (κ1) is 12.6. The van der Waals surface area contributed by atoms with Gasteiger partial charge in [-0.05, 0) is 41.2 Å². The Labute approximate surface area is 113 Å². The maximum atomic E-state index is 5.76. The highest BCUT2D eigenvalue weighted by molar-refractivity contribution is 5.83. The van der Waals surface area contributed by atoms with E-state index >= 15 is 0 Å². The SMILES string of the molecule is COC(C1CC1)C(NN)c1ccc2ccccc2c1. The van der Waals surface area contributed by atoms with Crippen molar-refractivity contribution in [3.63, 3.8) is 0 Å². The average molecular weight is 256 g/mol. The number of rotatable bonds is 5. The number of hydrogen-bond acceptors (Lipinski definition) is 3. The first-order valence-electron chi connectivity index (χ1n) is 6.81. The lowest BCUT2D eigenvalue weighted by Gasteiger charge is -2.26. The molecule has 0 aliphatic heterocycles. The molecule has 0 aromatic heterocycles. The minimum atomic E-state index is 0.0575. The van der Waals surface area contributed by atoms with E-state index in [1.807, 2.05) is 0 Å². The Morgan fingerprint density at radius 3 is 2.53 bits per heavy atom. The number of nitrogens with one attached hydrogen (secondary N) is 1. The van der Waals surface area contributed by atoms with Crippen LogP contribution in [0.15, 0.2) is 42.5 Å². The van der Waals surface area contributed by atoms with Crippen LogP contribution in [0.4, 0.5) is 0 Å². The molecule has 0 bridgehead atoms. The first-order chi connectivity index (χ1) is 9.33. The van der Waals surface area contributed by atoms with Crippen LogP contribution in [-0.2, 0) is 4.74 Å². The molecule has 0 saturated heterocycles. The van der Waals surface area contributed by atoms with Crippen LogP contribution >= 0.6 is 0 Å². The summed E-state index contributed by atoms with van der Waals surface area (Å²) in [6.45, 7) is 0. The molecule has 2 atom stereocenters. The number of hydrogen-bond donors (Lipinski definition) is 2. The van der Waals surface area contributed by atoms with Gasteiger partial charge in [0.2, 0.25) is 0 Å². The molecule has 100 valence electrons. The summed E-state index contributed by atoms with van der Waals surface area (Å²) in [7, 11) is 1.77. The van der Waals surface area contributed by atoms with Crippen molar-refractivity contribution in [1.82, 2.24) is 5.43 Å². The molecule has 1 saturated carbocycles. The predicted molar refractivity (Wildman–Crippen MR) is 77.5 cm³/mol. The van der Waals surface area contributed by atoms with E-state index in [0.29, 0.717) is 5.92 Å². The van der Waals surface area contributed by atoms with Gasteiger partial charge >= 0.3 is 0 Å². The number of ether oxygens (including phenoxy) is 1. The molecule has 2 aromatic carbocycles. The molecule has 0 heterocycles. The Bertz CT molecular complexity index is 565. The van der Waals surface area contributed by atoms with Crippen LogP contribution in [0, 0.1) is 5.92 Å². The van der Waals surface area contributed by atoms with Gasteiger partial charge in [-0.25, -0.2) is 0 Å². The Morgan fingerprint density at radius 1 is 1.16 bits per heavy atom. The van der Waals surface area contributed by atoms with Gasteiger partial charge in [-0.3, -0.25) is 11.3 Å². The van der Waals surface area contributed by atoms with Crippen molar-refractivity contribution in [2.45, 2.75) is 25.0 Å². The Kier molecular flexibility index (Phi) is 3.51. The zero-order valence-electron chi connectivity index (χ0n) is 11.2. The third kappa shape index (κ3) is 2.50. The first-order valence-corrected chi connectivity index (χ1v) is 6.81. The third-order valence-electron chi connectivity index (χ3n) is 4.00. The van der Waals surface area contributed by atoms with Gasteiger partial charge in [0.05, 0.1) is 12.1 Å². The van der Waals surface area contributed by atoms with E-state index in [9.17, 15) is 0 Å². The summed E-state index contributed by atoms with van der Waals surface area (Å²) in [6.07, 6.45) is 2.64. The Balaban J connectivity index is 1.95. The number of methoxy groups -OCH3 is 1. The standard InChI is InChI=1S/C16H20N2O/c1-19-16(12-7-8-12)15(18-17)14-9-6-11-4-2-3-5-13(11)10-14/h2-6,9-10,12,15-16,18H,7-8,17H2,1H3. The molecule has 3 N–H and O–H groups in total. The summed E-state index contributed by atoms with van der Waals surface area (Å²) in [5.74, 6) is 6.40. The zero-order chi connectivity index (χ0) is 13.2. The number of fused-ring (bicyclic) bond motifs is 1. The lowest BCUT2D eigenvalue weighted by molar-refractivity contribution is 0.0507. The van der Waals surface area contributed by atoms with Gasteiger partial charge in [-0.1, -0.05) is 36.4 Å². The third-order valence-corrected chi connectivity index (χ3v) is 4.00. The van der Waals surface area contributed by atoms with E-state index in [4.69, 9.17) is 10.6 Å². The molecule has 2 aromatic rings. The van der Waals surface area contributed by atoms with E-state index in [1.54, 1.807) is 7.11 Å². The van der Waals surface area contributed by atoms with Gasteiger partial charge in [0, 0.05) is 7.11 Å². The lowest BCUT2D eigenvalue weighted by Crippen LogP contribution is -2.38. The summed E-state index contributed by atoms with van der Waals surface area (Å²) in [4.78, 5) is 0. The van der Waals surface area contributed by atoms with Crippen molar-refractivity contribution < 1.29 is 4.74 Å². The maximum Gasteiger partial charge on any atom is 0.0806 e. The van der Waals surface area contributed by atoms with Crippen LogP contribution < -0.4 is 11.3 Å². The Hall–Kier alpha value is -1.42. The van der Waals surface area contributed by atoms with Crippen molar-refractivity contribution in [3.05, 3.63) is 48.0 Å². The van der Waals surface area contributed by atoms with Gasteiger partial charge in [-0.2, -0.15) is 0 Å². The van der Waals surface area contributed by atoms with E-state index in [1.165, 1.54) is 29.2 Å². The maximum absolute atomic E-state index is 5.76. The van der Waals surface area contributed by atoms with Crippen molar-refractivity contribution in [2.24, 2.45) is 11.8 Å². The smallest absolute Gasteiger partial charge is 0.0806 e. The van der Waals surface area contributed by atoms with Crippen molar-refractivity contribution in [2.75, 3.05) is 7.11 Å². The second kappa shape index (κ2) is 5.29. The normalized spacial score (nSPS) is 18.4. The van der Waals surface area contributed by atoms with E-state index < -0.39 is 0 Å². The molecule has 0 radical (unpaired) electrons. The summed E-state index contributed by atoms with van der Waals surface area (Å²) in [5.41, 5.74) is 4.12. The fourth-order valence-electron chi connectivity index (χ4n) is 2.81. The molecule has 3 heteroatoms. The molecule has 1 aliphatic carbocycles. The van der Waals surface area contributed by atoms with Crippen LogP contribution in [0.5, 0.6) is 0 Å². The van der Waals surface area contributed by atoms with Gasteiger partial charge < -0.3 is 4.74 Å². The molecule has 0 spiro atoms. The summed E-state index contributed by atoms with van der Waals surface area (Å²) in [6, 6.07) is 14.9. The zero-order valence-corrected chi connectivity index (χ0v) is 11.2. The fraction of sp³-hybridized carbons (Fsp3) is 0.375. The largest absolute Gasteiger partial charge is 0.379 e. The topological polar surface area (TPSA) is 47.3 Å². The van der Waals surface area contributed by atoms with Gasteiger partial charge in [0.25, 0.3) is 0 Å². The summed E-state index contributed by atoms with van der Waals surface area (Å²) < 4.78 is 5.65. The van der Waals surface area contributed by atoms with Crippen molar-refractivity contribution in [3.8, 4) is 0 Å². The number of nitrogens with two attached hydrogens (primary N) is 1. The van der Waals surface area contributed by atoms with E-state index in [0.717, 1.165) is 0 Å². The molecular weight excluding hydrogens is 236 g/mol. The van der Waals surface area contributed by atoms with Crippen LogP contribution in [0.25, 0.3) is 10.8 Å². The highest BCUT2D eigenvalue weighted by Crippen LogP contribution is 2.39. The van der Waals surface area contributed by atoms with Crippen molar-refractivity contribution in [1.29, 1.82) is 0 Å². The fourth-order valence-corrected chi connectivity index (χ4v) is 2.81. The molecule has 1 fully saturated rings. The monoisotopic (exact) mass is 256 g/mol. The second-order valence-electron chi connectivity index (χ2n) is 5.29. The quantitative estimate of drug-likeness (QED) is 0.639. The highest BCUT2D eigenvalue weighted by atomic mass is 16.5. The minimum Gasteiger partial charge on any atom is -0.379 e. The molecular formula is C16H20N2O. The Morgan fingerprint density at radius 2 is 1.89 bits per heavy atom. The van der Waals surface area contributed by atoms with Crippen LogP contribution in [-0.4, -0.2) is 13.2 Å². The molecule has 3 rings (SSSR count). The van der Waals surface area contributed by atoms with Gasteiger partial charge in [0.15, 0.2) is 0 Å². The van der Waals surface area contributed by atoms with Gasteiger partial charge in [-0.15, -0.1) is 0 Å². The second-order valence-corrected chi connectivity index (χ2v) is 5.29. The van der Waals surface area contributed by atoms with Crippen LogP contribution in [0.1, 0.15) is 24.4 Å². The van der Waals surface area contributed by atoms with Gasteiger partial charge in [0.1, 0.15) is 0 Å². The highest BCUT2D eigenvalue weighted by Gasteiger charge is 2.37. The minimum absolute atomic E-state index is 0.0575. The van der Waals surface area contributed by atoms with Crippen LogP contribution in [0.3, 0.4) is 0 Å². The van der Waals surface area contributed by atoms with E-state index in [2.05, 4.69) is 47.9 Å². The molecule has 19 heavy (non-hydrogen) atoms. The van der Waals surface area contributed by atoms with Crippen LogP contribution in [0.2, 0.25) is 0 Å². The van der Waals surface area contributed by atoms with Crippen molar-refractivity contribution >= 4 is 10.8 Å². The molecule has 1 aliphatic rings. The summed E-state index contributed by atoms with van der Waals surface area (Å²) in [5, 5.41) is 2.49. The summed E-state index contributed by atoms with van der Waals surface area (Å²) >= 11 is 0. The predicted octanol–water partition coefficient (Wildman–Crippen LogP) is 2.77. The lowest BCUT2D eigenvalue weighted by atomic mass is 9.96. The average Bonchev–Trinajstić information content (AvgIpc) is 3.28. The molecule has 2 unspecified atom stereocenters. The number of benzene rings is 2. The molecule has 0 amide bonds. The van der Waals surface area contributed by atoms with E-state index in [-0.39, 0.29) is 12.1 Å².